The van der Waals surface area contributed by atoms with Crippen molar-refractivity contribution in [3.63, 3.8) is 0 Å². The molecule has 14 aromatic carbocycles. The van der Waals surface area contributed by atoms with Gasteiger partial charge in [-0.1, -0.05) is 77.8 Å². The molecule has 26 heteroatoms. The van der Waals surface area contributed by atoms with Crippen LogP contribution in [0.3, 0.4) is 0 Å². The first kappa shape index (κ1) is 80.2. The van der Waals surface area contributed by atoms with Gasteiger partial charge in [-0.3, -0.25) is 14.1 Å². The van der Waals surface area contributed by atoms with Gasteiger partial charge < -0.3 is 28.8 Å². The quantitative estimate of drug-likeness (QED) is 0.0166. The third-order valence-electron chi connectivity index (χ3n) is 18.1. The molecule has 3 N–H and O–H groups in total. The zero-order chi connectivity index (χ0) is 81.1. The smallest absolute Gasteiger partial charge is 0.261 e. The maximum atomic E-state index is 13.8. The SMILES string of the molecule is CS(=O)(=O)O.CSOOO.O=C(c1ccc(F)cc1)c1ccc(Oc2ccc(C3(c4ccc(Oc5ccc(C(=O)c6ccc(Oc7ccc(S(=O)(=O)c8ccc(Oc9ccc(S(=O)(=O)c%10ccc(Oc%11ccc(S(=O)(=O)c%12ccc(O)cc%12)cc%11)cc%10)cc9)cc8)cc7)cc6)cc5)cc4)c4ccccc4-c4ccccc43)cc2)cc1. The number of carbonyl (C=O) groups is 2. The van der Waals surface area contributed by atoms with Crippen molar-refractivity contribution in [3.8, 4) is 74.4 Å². The number of carbonyl (C=O) groups excluding carboxylic acids is 2. The lowest BCUT2D eigenvalue weighted by atomic mass is 9.68. The van der Waals surface area contributed by atoms with Crippen molar-refractivity contribution in [2.45, 2.75) is 34.8 Å². The minimum absolute atomic E-state index is 0.000245. The number of phenols is 1. The Hall–Kier alpha value is -12.9. The zero-order valence-electron chi connectivity index (χ0n) is 60.5. The van der Waals surface area contributed by atoms with Crippen LogP contribution >= 0.6 is 12.0 Å². The van der Waals surface area contributed by atoms with Gasteiger partial charge in [0, 0.05) is 40.6 Å². The standard InChI is InChI=1S/C87H57FO14S3.2CH4O3S/c88-63-21-9-57(10-22-63)85(90)58-11-25-65(26-12-58)98-68-31-17-61(18-32-68)87(83-7-3-1-5-81(83)82-6-2-4-8-84(82)87)62-19-33-69(34-20-62)99-66-27-13-59(14-28-66)86(91)60-15-29-67(30-16-60)100-70-35-49-77(50-36-70)104(94,95)78-51-41-73(42-52-78)102-74-43-55-80(56-44-74)105(96,97)79-53-39-72(40-54-79)101-71-37-47-76(48-38-71)103(92,93)75-45-23-64(89)24-46-75;1-5(2,3)4;1-5-4-3-2/h1-56,89H;1H3,(H,2,3,4);2H,1H3. The number of phenolic OH excluding ortho intramolecular Hbond substituents is 1. The van der Waals surface area contributed by atoms with Crippen LogP contribution in [0.4, 0.5) is 4.39 Å². The van der Waals surface area contributed by atoms with Gasteiger partial charge in [0.1, 0.15) is 69.1 Å². The van der Waals surface area contributed by atoms with E-state index in [9.17, 15) is 52.8 Å². The molecule has 1 aliphatic carbocycles. The van der Waals surface area contributed by atoms with Crippen LogP contribution in [0.2, 0.25) is 0 Å². The third kappa shape index (κ3) is 18.6. The van der Waals surface area contributed by atoms with Crippen molar-refractivity contribution in [3.05, 3.63) is 390 Å². The minimum Gasteiger partial charge on any atom is -0.508 e. The Morgan fingerprint density at radius 2 is 0.530 bits per heavy atom. The molecule has 15 rings (SSSR count). The molecule has 0 aromatic heterocycles. The molecule has 0 atom stereocenters. The van der Waals surface area contributed by atoms with Crippen LogP contribution in [0.1, 0.15) is 54.1 Å². The molecular formula is C89H65FO20S5. The lowest BCUT2D eigenvalue weighted by Gasteiger charge is -2.34. The molecule has 0 fully saturated rings. The number of halogens is 1. The number of rotatable bonds is 24. The predicted molar refractivity (Wildman–Crippen MR) is 429 cm³/mol. The van der Waals surface area contributed by atoms with Gasteiger partial charge in [-0.2, -0.15) is 8.42 Å². The van der Waals surface area contributed by atoms with Crippen LogP contribution in [-0.2, 0) is 54.4 Å². The summed E-state index contributed by atoms with van der Waals surface area (Å²) < 4.78 is 154. The Morgan fingerprint density at radius 1 is 0.322 bits per heavy atom. The van der Waals surface area contributed by atoms with Crippen LogP contribution in [0.5, 0.6) is 63.2 Å². The van der Waals surface area contributed by atoms with E-state index in [1.54, 1.807) is 79.1 Å². The van der Waals surface area contributed by atoms with Gasteiger partial charge in [0.25, 0.3) is 10.1 Å². The lowest BCUT2D eigenvalue weighted by molar-refractivity contribution is -0.432. The molecule has 0 radical (unpaired) electrons. The molecule has 1 aliphatic rings. The van der Waals surface area contributed by atoms with Crippen LogP contribution in [-0.4, -0.2) is 72.7 Å². The van der Waals surface area contributed by atoms with E-state index in [0.717, 1.165) is 45.4 Å². The largest absolute Gasteiger partial charge is 0.508 e. The first-order valence-electron chi connectivity index (χ1n) is 34.7. The molecule has 0 aliphatic heterocycles. The Labute approximate surface area is 666 Å². The maximum absolute atomic E-state index is 13.8. The first-order valence-corrected chi connectivity index (χ1v) is 42.1. The monoisotopic (exact) mass is 1630 g/mol. The number of ether oxygens (including phenoxy) is 5. The van der Waals surface area contributed by atoms with Gasteiger partial charge in [-0.25, -0.2) is 34.9 Å². The highest BCUT2D eigenvalue weighted by Gasteiger charge is 2.46. The van der Waals surface area contributed by atoms with E-state index >= 15 is 0 Å². The molecule has 0 saturated carbocycles. The molecule has 115 heavy (non-hydrogen) atoms. The lowest BCUT2D eigenvalue weighted by Crippen LogP contribution is -2.28. The highest BCUT2D eigenvalue weighted by molar-refractivity contribution is 7.93. The summed E-state index contributed by atoms with van der Waals surface area (Å²) in [4.78, 5) is 26.9. The molecule has 14 aromatic rings. The molecule has 0 unspecified atom stereocenters. The summed E-state index contributed by atoms with van der Waals surface area (Å²) in [5.41, 5.74) is 7.59. The maximum Gasteiger partial charge on any atom is 0.261 e. The van der Waals surface area contributed by atoms with Crippen molar-refractivity contribution < 1.29 is 95.6 Å². The van der Waals surface area contributed by atoms with E-state index in [-0.39, 0.29) is 46.7 Å². The van der Waals surface area contributed by atoms with Gasteiger partial charge in [0.2, 0.25) is 29.5 Å². The van der Waals surface area contributed by atoms with Crippen LogP contribution in [0.25, 0.3) is 11.1 Å². The van der Waals surface area contributed by atoms with Crippen molar-refractivity contribution in [1.82, 2.24) is 0 Å². The predicted octanol–water partition coefficient (Wildman–Crippen LogP) is 20.0. The molecular weight excluding hydrogens is 1570 g/mol. The van der Waals surface area contributed by atoms with E-state index in [4.69, 9.17) is 33.5 Å². The van der Waals surface area contributed by atoms with Crippen LogP contribution < -0.4 is 23.7 Å². The summed E-state index contributed by atoms with van der Waals surface area (Å²) in [6.45, 7) is 0. The Morgan fingerprint density at radius 3 is 0.757 bits per heavy atom. The molecule has 20 nitrogen and oxygen atoms in total. The minimum atomic E-state index is -3.98. The molecule has 578 valence electrons. The second-order valence-corrected chi connectivity index (χ2v) is 33.3. The van der Waals surface area contributed by atoms with Crippen LogP contribution in [0, 0.1) is 5.82 Å². The first-order chi connectivity index (χ1) is 55.3. The van der Waals surface area contributed by atoms with Gasteiger partial charge in [0.05, 0.1) is 41.0 Å². The average Bonchev–Trinajstić information content (AvgIpc) is 1.54. The van der Waals surface area contributed by atoms with Crippen molar-refractivity contribution in [2.75, 3.05) is 12.5 Å². The zero-order valence-corrected chi connectivity index (χ0v) is 64.6. The van der Waals surface area contributed by atoms with Gasteiger partial charge in [-0.05, 0) is 300 Å². The normalized spacial score (nSPS) is 12.1. The number of benzene rings is 14. The van der Waals surface area contributed by atoms with Gasteiger partial charge in [-0.15, -0.1) is 4.33 Å². The number of hydrogen-bond acceptors (Lipinski definition) is 20. The highest BCUT2D eigenvalue weighted by Crippen LogP contribution is 2.56. The highest BCUT2D eigenvalue weighted by atomic mass is 32.2. The third-order valence-corrected chi connectivity index (χ3v) is 23.6. The van der Waals surface area contributed by atoms with E-state index in [2.05, 4.69) is 82.2 Å². The van der Waals surface area contributed by atoms with E-state index < -0.39 is 50.9 Å². The molecule has 0 saturated heterocycles. The van der Waals surface area contributed by atoms with Crippen molar-refractivity contribution in [1.29, 1.82) is 0 Å². The number of hydrogen-bond donors (Lipinski definition) is 3. The van der Waals surface area contributed by atoms with Gasteiger partial charge >= 0.3 is 0 Å². The number of sulfone groups is 3. The summed E-state index contributed by atoms with van der Waals surface area (Å²) in [6.07, 6.45) is 2.34. The Kier molecular flexibility index (Phi) is 24.1. The van der Waals surface area contributed by atoms with Crippen molar-refractivity contribution in [2.24, 2.45) is 0 Å². The summed E-state index contributed by atoms with van der Waals surface area (Å²) >= 11 is 0.929. The Bertz CT molecular complexity index is 6230. The van der Waals surface area contributed by atoms with Crippen LogP contribution in [0.15, 0.2) is 369 Å². The fourth-order valence-corrected chi connectivity index (χ4v) is 16.5. The van der Waals surface area contributed by atoms with E-state index in [1.165, 1.54) is 170 Å². The number of aromatic hydroxyl groups is 1. The molecule has 0 amide bonds. The van der Waals surface area contributed by atoms with Crippen molar-refractivity contribution >= 4 is 63.2 Å². The summed E-state index contributed by atoms with van der Waals surface area (Å²) in [5, 5.41) is 20.0. The number of ketones is 2. The topological polar surface area (TPSA) is 296 Å². The second kappa shape index (κ2) is 34.6. The van der Waals surface area contributed by atoms with E-state index in [0.29, 0.717) is 86.0 Å². The van der Waals surface area contributed by atoms with E-state index in [1.807, 2.05) is 24.3 Å². The summed E-state index contributed by atoms with van der Waals surface area (Å²) in [7, 11) is -15.5. The fraction of sp³-hybridized carbons (Fsp3) is 0.0337. The molecule has 0 heterocycles. The summed E-state index contributed by atoms with van der Waals surface area (Å²) in [6, 6.07) is 93.1. The number of fused-ring (bicyclic) bond motifs is 3. The molecule has 0 bridgehead atoms. The van der Waals surface area contributed by atoms with Gasteiger partial charge in [0.15, 0.2) is 11.6 Å². The average molecular weight is 1630 g/mol. The fourth-order valence-electron chi connectivity index (χ4n) is 12.7. The molecule has 0 spiro atoms. The second-order valence-electron chi connectivity index (χ2n) is 25.5. The Balaban J connectivity index is 0.00000109. The summed E-state index contributed by atoms with van der Waals surface area (Å²) in [5.74, 6) is 3.42.